The second-order valence-corrected chi connectivity index (χ2v) is 11.2. The van der Waals surface area contributed by atoms with Crippen LogP contribution in [0.4, 0.5) is 0 Å². The number of aromatic nitrogens is 2. The molecule has 0 aliphatic heterocycles. The minimum Gasteiger partial charge on any atom is -0.497 e. The third kappa shape index (κ3) is 6.11. The van der Waals surface area contributed by atoms with Crippen molar-refractivity contribution in [3.05, 3.63) is 100 Å². The molecule has 1 aromatic carbocycles. The molecule has 0 spiro atoms. The normalized spacial score (nSPS) is 16.6. The number of hydrogen-bond donors (Lipinski definition) is 2. The lowest BCUT2D eigenvalue weighted by Gasteiger charge is -2.25. The van der Waals surface area contributed by atoms with E-state index in [4.69, 9.17) is 4.74 Å². The van der Waals surface area contributed by atoms with E-state index in [-0.39, 0.29) is 11.8 Å². The number of methoxy groups -OCH3 is 1. The second kappa shape index (κ2) is 12.8. The van der Waals surface area contributed by atoms with Crippen molar-refractivity contribution < 1.29 is 14.7 Å². The van der Waals surface area contributed by atoms with Gasteiger partial charge >= 0.3 is 0 Å². The van der Waals surface area contributed by atoms with Gasteiger partial charge in [-0.3, -0.25) is 9.48 Å². The van der Waals surface area contributed by atoms with E-state index >= 15 is 0 Å². The zero-order chi connectivity index (χ0) is 27.1. The largest absolute Gasteiger partial charge is 0.497 e. The van der Waals surface area contributed by atoms with Gasteiger partial charge in [0.05, 0.1) is 34.1 Å². The topological polar surface area (TPSA) is 88.7 Å². The Morgan fingerprint density at radius 2 is 2.13 bits per heavy atom. The number of amides is 1. The number of thiophene rings is 1. The molecule has 2 aromatic heterocycles. The first-order valence-electron chi connectivity index (χ1n) is 12.3. The van der Waals surface area contributed by atoms with Gasteiger partial charge in [-0.15, -0.1) is 23.1 Å². The molecule has 0 fully saturated rings. The molecule has 2 heterocycles. The number of nitrogens with one attached hydrogen (secondary N) is 1. The zero-order valence-corrected chi connectivity index (χ0v) is 23.4. The average molecular weight is 549 g/mol. The van der Waals surface area contributed by atoms with E-state index in [1.807, 2.05) is 56.5 Å². The lowest BCUT2D eigenvalue weighted by atomic mass is 9.80. The Morgan fingerprint density at radius 1 is 1.34 bits per heavy atom. The molecule has 198 valence electrons. The summed E-state index contributed by atoms with van der Waals surface area (Å²) in [6.07, 6.45) is 10.8. The summed E-state index contributed by atoms with van der Waals surface area (Å²) < 4.78 is 8.04. The third-order valence-electron chi connectivity index (χ3n) is 6.50. The summed E-state index contributed by atoms with van der Waals surface area (Å²) in [7, 11) is 3.50. The standard InChI is InChI=1S/C29H32N4O3S2/c1-5-7-19(8-6-2)18-37-29-26-24(27(38-29)28(34)30-17-22-13-14-31-33(22)3)15-21(16-25(26)32-35)20-9-11-23(36-4)12-10-20/h5-14,21,35H,1,15-18H2,2-4H3,(H,30,34)/b8-6-,19-7+,32-25+. The van der Waals surface area contributed by atoms with Crippen LogP contribution >= 0.6 is 23.1 Å². The number of allylic oxidation sites excluding steroid dienone is 4. The Morgan fingerprint density at radius 3 is 2.76 bits per heavy atom. The van der Waals surface area contributed by atoms with E-state index in [2.05, 4.69) is 28.2 Å². The number of benzene rings is 1. The highest BCUT2D eigenvalue weighted by atomic mass is 32.2. The molecule has 9 heteroatoms. The number of ether oxygens (including phenoxy) is 1. The highest BCUT2D eigenvalue weighted by Gasteiger charge is 2.34. The van der Waals surface area contributed by atoms with Gasteiger partial charge in [0.1, 0.15) is 5.75 Å². The molecule has 1 atom stereocenters. The van der Waals surface area contributed by atoms with E-state index in [0.717, 1.165) is 37.9 Å². The van der Waals surface area contributed by atoms with Crippen molar-refractivity contribution >= 4 is 34.7 Å². The lowest BCUT2D eigenvalue weighted by Crippen LogP contribution is -2.26. The maximum atomic E-state index is 13.5. The Labute approximate surface area is 231 Å². The Balaban J connectivity index is 1.69. The lowest BCUT2D eigenvalue weighted by molar-refractivity contribution is 0.0953. The van der Waals surface area contributed by atoms with Gasteiger partial charge in [-0.1, -0.05) is 48.2 Å². The van der Waals surface area contributed by atoms with Gasteiger partial charge in [0.15, 0.2) is 0 Å². The SMILES string of the molecule is C=C/C=C(\C=C/C)CSc1sc(C(=O)NCc2ccnn2C)c2c1/C(=N/O)CC(c1ccc(OC)cc1)C2. The fraction of sp³-hybridized carbons (Fsp3) is 0.276. The summed E-state index contributed by atoms with van der Waals surface area (Å²) in [5, 5.41) is 21.1. The predicted octanol–water partition coefficient (Wildman–Crippen LogP) is 6.11. The van der Waals surface area contributed by atoms with Crippen molar-refractivity contribution in [2.24, 2.45) is 12.2 Å². The van der Waals surface area contributed by atoms with Crippen LogP contribution in [0, 0.1) is 0 Å². The first kappa shape index (κ1) is 27.5. The molecule has 0 bridgehead atoms. The maximum Gasteiger partial charge on any atom is 0.262 e. The van der Waals surface area contributed by atoms with Crippen LogP contribution in [-0.2, 0) is 20.0 Å². The fourth-order valence-corrected chi connectivity index (χ4v) is 7.10. The second-order valence-electron chi connectivity index (χ2n) is 8.89. The molecular formula is C29H32N4O3S2. The van der Waals surface area contributed by atoms with Crippen molar-refractivity contribution in [1.82, 2.24) is 15.1 Å². The van der Waals surface area contributed by atoms with E-state index in [1.165, 1.54) is 11.3 Å². The minimum atomic E-state index is -0.137. The summed E-state index contributed by atoms with van der Waals surface area (Å²) in [6.45, 7) is 6.18. The number of carbonyl (C=O) groups is 1. The molecule has 0 saturated carbocycles. The van der Waals surface area contributed by atoms with Crippen molar-refractivity contribution in [3.63, 3.8) is 0 Å². The molecule has 0 saturated heterocycles. The van der Waals surface area contributed by atoms with Gasteiger partial charge in [-0.25, -0.2) is 0 Å². The van der Waals surface area contributed by atoms with Gasteiger partial charge in [-0.2, -0.15) is 5.10 Å². The summed E-state index contributed by atoms with van der Waals surface area (Å²) in [5.74, 6) is 1.44. The first-order chi connectivity index (χ1) is 18.5. The van der Waals surface area contributed by atoms with Gasteiger partial charge in [0.25, 0.3) is 5.91 Å². The maximum absolute atomic E-state index is 13.5. The van der Waals surface area contributed by atoms with E-state index in [0.29, 0.717) is 35.7 Å². The molecule has 4 rings (SSSR count). The number of oxime groups is 1. The minimum absolute atomic E-state index is 0.0784. The van der Waals surface area contributed by atoms with Crippen molar-refractivity contribution in [2.45, 2.75) is 36.4 Å². The van der Waals surface area contributed by atoms with Crippen LogP contribution in [0.2, 0.25) is 0 Å². The molecule has 1 amide bonds. The molecule has 2 N–H and O–H groups in total. The van der Waals surface area contributed by atoms with E-state index in [9.17, 15) is 10.0 Å². The fourth-order valence-electron chi connectivity index (χ4n) is 4.56. The van der Waals surface area contributed by atoms with Crippen LogP contribution in [0.25, 0.3) is 0 Å². The molecule has 3 aromatic rings. The van der Waals surface area contributed by atoms with Crippen LogP contribution in [-0.4, -0.2) is 39.5 Å². The first-order valence-corrected chi connectivity index (χ1v) is 14.1. The number of aryl methyl sites for hydroxylation is 1. The molecule has 1 unspecified atom stereocenters. The van der Waals surface area contributed by atoms with Gasteiger partial charge < -0.3 is 15.3 Å². The average Bonchev–Trinajstić information content (AvgIpc) is 3.53. The Kier molecular flexibility index (Phi) is 9.25. The summed E-state index contributed by atoms with van der Waals surface area (Å²) in [6, 6.07) is 9.84. The Bertz CT molecular complexity index is 1380. The highest BCUT2D eigenvalue weighted by molar-refractivity contribution is 8.01. The van der Waals surface area contributed by atoms with Crippen LogP contribution < -0.4 is 10.1 Å². The number of thioether (sulfide) groups is 1. The van der Waals surface area contributed by atoms with Crippen molar-refractivity contribution in [1.29, 1.82) is 0 Å². The van der Waals surface area contributed by atoms with Crippen LogP contribution in [0.15, 0.2) is 82.3 Å². The summed E-state index contributed by atoms with van der Waals surface area (Å²) >= 11 is 3.11. The van der Waals surface area contributed by atoms with Crippen LogP contribution in [0.5, 0.6) is 5.75 Å². The third-order valence-corrected chi connectivity index (χ3v) is 9.08. The Hall–Kier alpha value is -3.56. The molecule has 7 nitrogen and oxygen atoms in total. The van der Waals surface area contributed by atoms with Gasteiger partial charge in [0, 0.05) is 31.0 Å². The number of carbonyl (C=O) groups excluding carboxylic acids is 1. The summed E-state index contributed by atoms with van der Waals surface area (Å²) in [4.78, 5) is 14.2. The number of rotatable bonds is 10. The van der Waals surface area contributed by atoms with Gasteiger partial charge in [0.2, 0.25) is 0 Å². The molecule has 1 aliphatic carbocycles. The van der Waals surface area contributed by atoms with E-state index in [1.54, 1.807) is 35.8 Å². The summed E-state index contributed by atoms with van der Waals surface area (Å²) in [5.41, 5.74) is 5.57. The predicted molar refractivity (Wildman–Crippen MR) is 155 cm³/mol. The quantitative estimate of drug-likeness (QED) is 0.138. The van der Waals surface area contributed by atoms with Crippen molar-refractivity contribution in [2.75, 3.05) is 12.9 Å². The van der Waals surface area contributed by atoms with E-state index < -0.39 is 0 Å². The molecule has 38 heavy (non-hydrogen) atoms. The van der Waals surface area contributed by atoms with Gasteiger partial charge in [-0.05, 0) is 54.2 Å². The number of nitrogens with zero attached hydrogens (tertiary/aromatic N) is 3. The van der Waals surface area contributed by atoms with Crippen molar-refractivity contribution in [3.8, 4) is 5.75 Å². The molecule has 0 radical (unpaired) electrons. The smallest absolute Gasteiger partial charge is 0.262 e. The number of hydrogen-bond acceptors (Lipinski definition) is 7. The highest BCUT2D eigenvalue weighted by Crippen LogP contribution is 2.44. The molecule has 1 aliphatic rings. The molecular weight excluding hydrogens is 516 g/mol. The monoisotopic (exact) mass is 548 g/mol. The van der Waals surface area contributed by atoms with Crippen LogP contribution in [0.1, 0.15) is 51.3 Å². The zero-order valence-electron chi connectivity index (χ0n) is 21.8. The number of fused-ring (bicyclic) bond motifs is 1. The van der Waals surface area contributed by atoms with Crippen LogP contribution in [0.3, 0.4) is 0 Å².